The van der Waals surface area contributed by atoms with Crippen LogP contribution in [0.1, 0.15) is 29.4 Å². The number of aliphatic imine (C=N–C) groups is 1. The van der Waals surface area contributed by atoms with Crippen molar-refractivity contribution in [3.05, 3.63) is 39.7 Å². The van der Waals surface area contributed by atoms with Gasteiger partial charge in [-0.15, -0.1) is 24.0 Å². The maximum Gasteiger partial charge on any atom is 0.231 e. The van der Waals surface area contributed by atoms with E-state index < -0.39 is 0 Å². The first-order valence-corrected chi connectivity index (χ1v) is 9.31. The van der Waals surface area contributed by atoms with Crippen LogP contribution in [0.5, 0.6) is 11.5 Å². The van der Waals surface area contributed by atoms with E-state index in [4.69, 9.17) is 21.1 Å². The predicted molar refractivity (Wildman–Crippen MR) is 122 cm³/mol. The van der Waals surface area contributed by atoms with Crippen LogP contribution in [0.4, 0.5) is 0 Å². The summed E-state index contributed by atoms with van der Waals surface area (Å²) in [7, 11) is 3.73. The van der Waals surface area contributed by atoms with Gasteiger partial charge in [0.15, 0.2) is 17.5 Å². The molecule has 0 amide bonds. The maximum atomic E-state index is 6.24. The number of nitrogens with one attached hydrogen (secondary N) is 2. The van der Waals surface area contributed by atoms with E-state index >= 15 is 0 Å². The normalized spacial score (nSPS) is 13.9. The highest BCUT2D eigenvalue weighted by molar-refractivity contribution is 14.0. The predicted octanol–water partition coefficient (Wildman–Crippen LogP) is 3.33. The van der Waals surface area contributed by atoms with Gasteiger partial charge in [-0.1, -0.05) is 11.6 Å². The van der Waals surface area contributed by atoms with Crippen LogP contribution in [-0.2, 0) is 20.0 Å². The minimum absolute atomic E-state index is 0. The van der Waals surface area contributed by atoms with Gasteiger partial charge in [-0.2, -0.15) is 5.10 Å². The number of nitrogens with zero attached hydrogens (tertiary/aromatic N) is 3. The molecule has 3 rings (SSSR count). The Morgan fingerprint density at radius 2 is 2.11 bits per heavy atom. The number of aromatic nitrogens is 2. The Kier molecular flexibility index (Phi) is 7.82. The van der Waals surface area contributed by atoms with Gasteiger partial charge in [0, 0.05) is 32.4 Å². The molecule has 28 heavy (non-hydrogen) atoms. The van der Waals surface area contributed by atoms with Crippen molar-refractivity contribution in [2.75, 3.05) is 13.8 Å². The van der Waals surface area contributed by atoms with Crippen molar-refractivity contribution >= 4 is 41.5 Å². The first-order chi connectivity index (χ1) is 12.9. The number of benzene rings is 1. The Morgan fingerprint density at radius 1 is 1.36 bits per heavy atom. The van der Waals surface area contributed by atoms with Crippen LogP contribution in [0.25, 0.3) is 0 Å². The van der Waals surface area contributed by atoms with Gasteiger partial charge in [0.05, 0.1) is 10.7 Å². The summed E-state index contributed by atoms with van der Waals surface area (Å²) < 4.78 is 12.7. The summed E-state index contributed by atoms with van der Waals surface area (Å²) in [5.41, 5.74) is 4.54. The quantitative estimate of drug-likeness (QED) is 0.360. The average molecular weight is 520 g/mol. The molecule has 2 aromatic rings. The number of fused-ring (bicyclic) bond motifs is 1. The van der Waals surface area contributed by atoms with Gasteiger partial charge in [0.25, 0.3) is 0 Å². The van der Waals surface area contributed by atoms with E-state index in [1.165, 1.54) is 11.3 Å². The lowest BCUT2D eigenvalue weighted by molar-refractivity contribution is 0.174. The third-order valence-electron chi connectivity index (χ3n) is 4.72. The highest BCUT2D eigenvalue weighted by atomic mass is 127. The summed E-state index contributed by atoms with van der Waals surface area (Å²) in [6, 6.07) is 4.01. The fourth-order valence-corrected chi connectivity index (χ4v) is 3.49. The molecule has 154 valence electrons. The topological polar surface area (TPSA) is 72.7 Å². The van der Waals surface area contributed by atoms with E-state index in [0.29, 0.717) is 23.1 Å². The smallest absolute Gasteiger partial charge is 0.231 e. The molecule has 0 radical (unpaired) electrons. The lowest BCUT2D eigenvalue weighted by atomic mass is 10.1. The molecule has 1 aliphatic heterocycles. The molecule has 2 N–H and O–H groups in total. The molecule has 0 spiro atoms. The van der Waals surface area contributed by atoms with Crippen molar-refractivity contribution in [1.29, 1.82) is 0 Å². The zero-order chi connectivity index (χ0) is 19.6. The zero-order valence-electron chi connectivity index (χ0n) is 16.8. The Hall–Kier alpha value is -1.68. The summed E-state index contributed by atoms with van der Waals surface area (Å²) in [6.45, 7) is 7.06. The van der Waals surface area contributed by atoms with Crippen LogP contribution in [0.2, 0.25) is 5.02 Å². The van der Waals surface area contributed by atoms with Crippen molar-refractivity contribution in [3.63, 3.8) is 0 Å². The number of hydrogen-bond acceptors (Lipinski definition) is 4. The number of hydrogen-bond donors (Lipinski definition) is 2. The van der Waals surface area contributed by atoms with Crippen LogP contribution in [0.15, 0.2) is 17.1 Å². The van der Waals surface area contributed by atoms with Crippen molar-refractivity contribution in [1.82, 2.24) is 20.4 Å². The lowest BCUT2D eigenvalue weighted by Crippen LogP contribution is -2.42. The lowest BCUT2D eigenvalue weighted by Gasteiger charge is -2.18. The summed E-state index contributed by atoms with van der Waals surface area (Å²) in [6.07, 6.45) is 0.877. The summed E-state index contributed by atoms with van der Waals surface area (Å²) in [5.74, 6) is 2.02. The van der Waals surface area contributed by atoms with Gasteiger partial charge < -0.3 is 20.1 Å². The monoisotopic (exact) mass is 519 g/mol. The van der Waals surface area contributed by atoms with Gasteiger partial charge in [0.2, 0.25) is 6.79 Å². The molecule has 0 bridgehead atoms. The molecular weight excluding hydrogens is 493 g/mol. The second-order valence-corrected chi connectivity index (χ2v) is 7.17. The Balaban J connectivity index is 0.00000280. The zero-order valence-corrected chi connectivity index (χ0v) is 19.9. The molecule has 1 aromatic heterocycles. The minimum Gasteiger partial charge on any atom is -0.454 e. The third-order valence-corrected chi connectivity index (χ3v) is 5.00. The summed E-state index contributed by atoms with van der Waals surface area (Å²) >= 11 is 6.24. The van der Waals surface area contributed by atoms with Crippen LogP contribution in [0, 0.1) is 13.8 Å². The standard InChI is InChI=1S/C19H26ClN5O2.HI/c1-11(6-15-12(2)24-25(5)13(15)3)23-19(21-4)22-9-14-7-16(20)18-17(8-14)26-10-27-18;/h7-8,11H,6,9-10H2,1-5H3,(H2,21,22,23);1H. The average Bonchev–Trinajstić information content (AvgIpc) is 3.19. The first kappa shape index (κ1) is 22.6. The van der Waals surface area contributed by atoms with E-state index in [0.717, 1.165) is 23.6 Å². The fourth-order valence-electron chi connectivity index (χ4n) is 3.21. The number of guanidine groups is 1. The molecule has 0 saturated carbocycles. The molecule has 0 fully saturated rings. The second kappa shape index (κ2) is 9.69. The van der Waals surface area contributed by atoms with E-state index in [2.05, 4.69) is 34.6 Å². The van der Waals surface area contributed by atoms with Crippen LogP contribution in [0.3, 0.4) is 0 Å². The van der Waals surface area contributed by atoms with Gasteiger partial charge >= 0.3 is 0 Å². The molecule has 7 nitrogen and oxygen atoms in total. The van der Waals surface area contributed by atoms with Gasteiger partial charge in [-0.25, -0.2) is 0 Å². The first-order valence-electron chi connectivity index (χ1n) is 8.93. The molecule has 2 heterocycles. The van der Waals surface area contributed by atoms with Crippen LogP contribution < -0.4 is 20.1 Å². The third kappa shape index (κ3) is 5.02. The molecule has 1 aliphatic rings. The van der Waals surface area contributed by atoms with Crippen molar-refractivity contribution in [3.8, 4) is 11.5 Å². The summed E-state index contributed by atoms with van der Waals surface area (Å²) in [5, 5.41) is 11.8. The molecular formula is C19H27ClIN5O2. The van der Waals surface area contributed by atoms with Crippen LogP contribution in [-0.4, -0.2) is 35.6 Å². The number of halogens is 2. The molecule has 1 unspecified atom stereocenters. The van der Waals surface area contributed by atoms with Crippen molar-refractivity contribution in [2.24, 2.45) is 12.0 Å². The number of aryl methyl sites for hydroxylation is 2. The molecule has 9 heteroatoms. The van der Waals surface area contributed by atoms with Gasteiger partial charge in [-0.05, 0) is 50.5 Å². The fraction of sp³-hybridized carbons (Fsp3) is 0.474. The number of ether oxygens (including phenoxy) is 2. The van der Waals surface area contributed by atoms with E-state index in [1.807, 2.05) is 30.8 Å². The molecule has 0 aliphatic carbocycles. The number of rotatable bonds is 5. The summed E-state index contributed by atoms with van der Waals surface area (Å²) in [4.78, 5) is 4.31. The Morgan fingerprint density at radius 3 is 2.75 bits per heavy atom. The SMILES string of the molecule is CN=C(NCc1cc(Cl)c2c(c1)OCO2)NC(C)Cc1c(C)nn(C)c1C.I. The molecule has 1 aromatic carbocycles. The van der Waals surface area contributed by atoms with Gasteiger partial charge in [0.1, 0.15) is 0 Å². The van der Waals surface area contributed by atoms with Crippen molar-refractivity contribution in [2.45, 2.75) is 39.8 Å². The van der Waals surface area contributed by atoms with E-state index in [1.54, 1.807) is 7.05 Å². The van der Waals surface area contributed by atoms with E-state index in [-0.39, 0.29) is 36.8 Å². The Labute approximate surface area is 187 Å². The highest BCUT2D eigenvalue weighted by Crippen LogP contribution is 2.39. The molecule has 1 atom stereocenters. The maximum absolute atomic E-state index is 6.24. The van der Waals surface area contributed by atoms with Gasteiger partial charge in [-0.3, -0.25) is 9.67 Å². The molecule has 0 saturated heterocycles. The van der Waals surface area contributed by atoms with Crippen molar-refractivity contribution < 1.29 is 9.47 Å². The highest BCUT2D eigenvalue weighted by Gasteiger charge is 2.18. The minimum atomic E-state index is 0. The van der Waals surface area contributed by atoms with Crippen LogP contribution >= 0.6 is 35.6 Å². The second-order valence-electron chi connectivity index (χ2n) is 6.76. The van der Waals surface area contributed by atoms with E-state index in [9.17, 15) is 0 Å². The largest absolute Gasteiger partial charge is 0.454 e. The Bertz CT molecular complexity index is 868.